The van der Waals surface area contributed by atoms with Crippen molar-refractivity contribution < 1.29 is 4.79 Å². The molecule has 3 atom stereocenters. The van der Waals surface area contributed by atoms with Crippen molar-refractivity contribution in [3.8, 4) is 0 Å². The Kier molecular flexibility index (Phi) is 4.74. The maximum absolute atomic E-state index is 12.7. The predicted molar refractivity (Wildman–Crippen MR) is 87.5 cm³/mol. The third kappa shape index (κ3) is 3.29. The second-order valence-electron chi connectivity index (χ2n) is 6.33. The van der Waals surface area contributed by atoms with E-state index in [0.29, 0.717) is 13.1 Å². The van der Waals surface area contributed by atoms with E-state index in [-0.39, 0.29) is 23.9 Å². The van der Waals surface area contributed by atoms with Gasteiger partial charge in [-0.15, -0.1) is 0 Å². The summed E-state index contributed by atoms with van der Waals surface area (Å²) in [6.45, 7) is 6.88. The van der Waals surface area contributed by atoms with Gasteiger partial charge in [0.05, 0.1) is 6.04 Å². The third-order valence-corrected chi connectivity index (χ3v) is 4.82. The van der Waals surface area contributed by atoms with Gasteiger partial charge in [0.2, 0.25) is 11.9 Å². The Labute approximate surface area is 136 Å². The summed E-state index contributed by atoms with van der Waals surface area (Å²) >= 11 is 0. The highest BCUT2D eigenvalue weighted by atomic mass is 16.2. The monoisotopic (exact) mass is 319 g/mol. The first-order chi connectivity index (χ1) is 11.1. The molecule has 2 fully saturated rings. The molecule has 1 aromatic heterocycles. The molecule has 23 heavy (non-hydrogen) atoms. The van der Waals surface area contributed by atoms with Crippen molar-refractivity contribution in [1.29, 1.82) is 0 Å². The molecule has 2 saturated heterocycles. The van der Waals surface area contributed by atoms with E-state index in [1.54, 1.807) is 18.5 Å². The smallest absolute Gasteiger partial charge is 0.240 e. The van der Waals surface area contributed by atoms with Crippen LogP contribution in [0.4, 0.5) is 5.95 Å². The van der Waals surface area contributed by atoms with Crippen LogP contribution in [0.2, 0.25) is 0 Å². The number of hydrogen-bond acceptors (Lipinski definition) is 7. The van der Waals surface area contributed by atoms with E-state index in [9.17, 15) is 4.79 Å². The van der Waals surface area contributed by atoms with E-state index in [2.05, 4.69) is 39.6 Å². The second kappa shape index (κ2) is 6.77. The SMILES string of the molecule is CC1NNC(C)C1C(N)C(=O)N1CCN(c2ncccn2)CC1. The van der Waals surface area contributed by atoms with E-state index in [1.807, 2.05) is 4.90 Å². The summed E-state index contributed by atoms with van der Waals surface area (Å²) in [7, 11) is 0. The summed E-state index contributed by atoms with van der Waals surface area (Å²) in [4.78, 5) is 25.2. The number of aromatic nitrogens is 2. The largest absolute Gasteiger partial charge is 0.338 e. The number of carbonyl (C=O) groups excluding carboxylic acids is 1. The third-order valence-electron chi connectivity index (χ3n) is 4.82. The van der Waals surface area contributed by atoms with Crippen LogP contribution in [0.1, 0.15) is 13.8 Å². The number of nitrogens with two attached hydrogens (primary N) is 1. The van der Waals surface area contributed by atoms with Crippen LogP contribution >= 0.6 is 0 Å². The lowest BCUT2D eigenvalue weighted by molar-refractivity contribution is -0.134. The Balaban J connectivity index is 1.58. The molecule has 1 aromatic rings. The molecule has 8 heteroatoms. The van der Waals surface area contributed by atoms with Crippen LogP contribution < -0.4 is 21.5 Å². The summed E-state index contributed by atoms with van der Waals surface area (Å²) in [5.41, 5.74) is 12.6. The highest BCUT2D eigenvalue weighted by Gasteiger charge is 2.39. The van der Waals surface area contributed by atoms with Crippen molar-refractivity contribution in [3.63, 3.8) is 0 Å². The van der Waals surface area contributed by atoms with Crippen molar-refractivity contribution in [2.24, 2.45) is 11.7 Å². The average molecular weight is 319 g/mol. The van der Waals surface area contributed by atoms with E-state index >= 15 is 0 Å². The number of carbonyl (C=O) groups is 1. The van der Waals surface area contributed by atoms with Gasteiger partial charge in [0, 0.05) is 56.6 Å². The van der Waals surface area contributed by atoms with Gasteiger partial charge in [0.25, 0.3) is 0 Å². The fraction of sp³-hybridized carbons (Fsp3) is 0.667. The lowest BCUT2D eigenvalue weighted by Gasteiger charge is -2.37. The normalized spacial score (nSPS) is 29.6. The molecule has 126 valence electrons. The molecule has 0 saturated carbocycles. The van der Waals surface area contributed by atoms with E-state index in [0.717, 1.165) is 19.0 Å². The van der Waals surface area contributed by atoms with Gasteiger partial charge in [-0.05, 0) is 19.9 Å². The number of piperazine rings is 1. The lowest BCUT2D eigenvalue weighted by atomic mass is 9.88. The maximum atomic E-state index is 12.7. The first-order valence-corrected chi connectivity index (χ1v) is 8.15. The Morgan fingerprint density at radius 3 is 2.30 bits per heavy atom. The highest BCUT2D eigenvalue weighted by molar-refractivity contribution is 5.82. The first-order valence-electron chi connectivity index (χ1n) is 8.15. The molecule has 4 N–H and O–H groups in total. The number of hydrogen-bond donors (Lipinski definition) is 3. The van der Waals surface area contributed by atoms with Gasteiger partial charge in [-0.2, -0.15) is 0 Å². The van der Waals surface area contributed by atoms with Gasteiger partial charge in [-0.3, -0.25) is 15.6 Å². The van der Waals surface area contributed by atoms with Crippen molar-refractivity contribution in [2.75, 3.05) is 31.1 Å². The quantitative estimate of drug-likeness (QED) is 0.654. The summed E-state index contributed by atoms with van der Waals surface area (Å²) in [5.74, 6) is 0.848. The number of hydrazine groups is 1. The van der Waals surface area contributed by atoms with E-state index in [1.165, 1.54) is 0 Å². The predicted octanol–water partition coefficient (Wildman–Crippen LogP) is -1.05. The number of nitrogens with one attached hydrogen (secondary N) is 2. The highest BCUT2D eigenvalue weighted by Crippen LogP contribution is 2.20. The minimum Gasteiger partial charge on any atom is -0.338 e. The fourth-order valence-corrected chi connectivity index (χ4v) is 3.47. The Bertz CT molecular complexity index is 522. The van der Waals surface area contributed by atoms with E-state index in [4.69, 9.17) is 5.73 Å². The molecule has 3 rings (SSSR count). The van der Waals surface area contributed by atoms with Crippen LogP contribution in [0.25, 0.3) is 0 Å². The zero-order chi connectivity index (χ0) is 16.4. The topological polar surface area (TPSA) is 99.4 Å². The average Bonchev–Trinajstić information content (AvgIpc) is 2.93. The van der Waals surface area contributed by atoms with Gasteiger partial charge in [0.15, 0.2) is 0 Å². The molecular weight excluding hydrogens is 294 g/mol. The zero-order valence-corrected chi connectivity index (χ0v) is 13.6. The summed E-state index contributed by atoms with van der Waals surface area (Å²) in [6.07, 6.45) is 3.47. The maximum Gasteiger partial charge on any atom is 0.240 e. The molecule has 2 aliphatic rings. The molecule has 8 nitrogen and oxygen atoms in total. The molecular formula is C15H25N7O. The van der Waals surface area contributed by atoms with E-state index < -0.39 is 6.04 Å². The number of anilines is 1. The minimum atomic E-state index is -0.484. The molecule has 0 aliphatic carbocycles. The Hall–Kier alpha value is -1.77. The summed E-state index contributed by atoms with van der Waals surface area (Å²) in [6, 6.07) is 1.68. The first kappa shape index (κ1) is 16.1. The van der Waals surface area contributed by atoms with Crippen LogP contribution in [0.15, 0.2) is 18.5 Å². The van der Waals surface area contributed by atoms with Gasteiger partial charge >= 0.3 is 0 Å². The van der Waals surface area contributed by atoms with Crippen molar-refractivity contribution in [2.45, 2.75) is 32.0 Å². The van der Waals surface area contributed by atoms with Gasteiger partial charge in [-0.1, -0.05) is 0 Å². The van der Waals surface area contributed by atoms with Gasteiger partial charge in [0.1, 0.15) is 0 Å². The number of amides is 1. The van der Waals surface area contributed by atoms with Crippen molar-refractivity contribution in [1.82, 2.24) is 25.7 Å². The molecule has 0 aromatic carbocycles. The Morgan fingerprint density at radius 2 is 1.74 bits per heavy atom. The molecule has 0 spiro atoms. The molecule has 0 bridgehead atoms. The van der Waals surface area contributed by atoms with Crippen molar-refractivity contribution >= 4 is 11.9 Å². The van der Waals surface area contributed by atoms with Crippen LogP contribution in [0.5, 0.6) is 0 Å². The van der Waals surface area contributed by atoms with Gasteiger partial charge < -0.3 is 15.5 Å². The molecule has 2 aliphatic heterocycles. The number of rotatable bonds is 3. The molecule has 0 radical (unpaired) electrons. The standard InChI is InChI=1S/C15H25N7O/c1-10-12(11(2)20-19-10)13(16)14(23)21-6-8-22(9-7-21)15-17-4-3-5-18-15/h3-5,10-13,19-20H,6-9,16H2,1-2H3. The van der Waals surface area contributed by atoms with Crippen LogP contribution in [0.3, 0.4) is 0 Å². The molecule has 3 heterocycles. The Morgan fingerprint density at radius 1 is 1.17 bits per heavy atom. The summed E-state index contributed by atoms with van der Waals surface area (Å²) in [5, 5.41) is 0. The lowest BCUT2D eigenvalue weighted by Crippen LogP contribution is -2.57. The number of nitrogens with zero attached hydrogens (tertiary/aromatic N) is 4. The second-order valence-corrected chi connectivity index (χ2v) is 6.33. The zero-order valence-electron chi connectivity index (χ0n) is 13.6. The van der Waals surface area contributed by atoms with Crippen LogP contribution in [0, 0.1) is 5.92 Å². The van der Waals surface area contributed by atoms with Gasteiger partial charge in [-0.25, -0.2) is 9.97 Å². The van der Waals surface area contributed by atoms with Crippen LogP contribution in [-0.4, -0.2) is 65.1 Å². The fourth-order valence-electron chi connectivity index (χ4n) is 3.47. The van der Waals surface area contributed by atoms with Crippen LogP contribution in [-0.2, 0) is 4.79 Å². The molecule has 3 unspecified atom stereocenters. The minimum absolute atomic E-state index is 0.0350. The van der Waals surface area contributed by atoms with Crippen molar-refractivity contribution in [3.05, 3.63) is 18.5 Å². The summed E-state index contributed by atoms with van der Waals surface area (Å²) < 4.78 is 0. The molecule has 1 amide bonds.